The van der Waals surface area contributed by atoms with Gasteiger partial charge in [-0.15, -0.1) is 11.3 Å². The molecule has 0 saturated heterocycles. The summed E-state index contributed by atoms with van der Waals surface area (Å²) in [5.41, 5.74) is 1.59. The van der Waals surface area contributed by atoms with Crippen LogP contribution >= 0.6 is 11.3 Å². The molecule has 0 radical (unpaired) electrons. The van der Waals surface area contributed by atoms with Crippen molar-refractivity contribution in [1.29, 1.82) is 0 Å². The molecular weight excluding hydrogens is 360 g/mol. The maximum atomic E-state index is 12.6. The first-order valence-corrected chi connectivity index (χ1v) is 10.8. The summed E-state index contributed by atoms with van der Waals surface area (Å²) in [5, 5.41) is 8.76. The molecule has 1 aliphatic carbocycles. The predicted molar refractivity (Wildman–Crippen MR) is 110 cm³/mol. The molecular formula is C20H32N4O2S. The lowest BCUT2D eigenvalue weighted by molar-refractivity contribution is -0.130. The summed E-state index contributed by atoms with van der Waals surface area (Å²) in [7, 11) is 3.52. The minimum Gasteiger partial charge on any atom is -0.385 e. The molecule has 2 heterocycles. The van der Waals surface area contributed by atoms with Crippen molar-refractivity contribution in [3.05, 3.63) is 21.9 Å². The van der Waals surface area contributed by atoms with Crippen LogP contribution in [-0.4, -0.2) is 57.2 Å². The summed E-state index contributed by atoms with van der Waals surface area (Å²) in [5.74, 6) is 0.838. The molecule has 1 fully saturated rings. The van der Waals surface area contributed by atoms with E-state index >= 15 is 0 Å². The summed E-state index contributed by atoms with van der Waals surface area (Å²) in [6, 6.07) is 2.13. The van der Waals surface area contributed by atoms with Crippen LogP contribution in [0.1, 0.15) is 42.5 Å². The summed E-state index contributed by atoms with van der Waals surface area (Å²) < 4.78 is 5.30. The van der Waals surface area contributed by atoms with Gasteiger partial charge in [0.2, 0.25) is 5.91 Å². The second-order valence-electron chi connectivity index (χ2n) is 7.66. The number of nitrogens with one attached hydrogen (secondary N) is 2. The van der Waals surface area contributed by atoms with Crippen molar-refractivity contribution in [2.24, 2.45) is 10.4 Å². The molecule has 2 aliphatic rings. The number of carbonyl (C=O) groups is 1. The molecule has 1 aliphatic heterocycles. The van der Waals surface area contributed by atoms with Gasteiger partial charge in [0.25, 0.3) is 0 Å². The van der Waals surface area contributed by atoms with Crippen LogP contribution in [0.2, 0.25) is 0 Å². The third-order valence-corrected chi connectivity index (χ3v) is 6.95. The molecule has 6 nitrogen and oxygen atoms in total. The van der Waals surface area contributed by atoms with E-state index in [4.69, 9.17) is 4.74 Å². The van der Waals surface area contributed by atoms with Gasteiger partial charge in [-0.3, -0.25) is 9.79 Å². The fourth-order valence-corrected chi connectivity index (χ4v) is 5.07. The number of fused-ring (bicyclic) bond motifs is 1. The lowest BCUT2D eigenvalue weighted by atomic mass is 9.83. The largest absolute Gasteiger partial charge is 0.385 e. The fourth-order valence-electron chi connectivity index (χ4n) is 4.18. The van der Waals surface area contributed by atoms with E-state index in [-0.39, 0.29) is 12.5 Å². The van der Waals surface area contributed by atoms with Gasteiger partial charge in [-0.1, -0.05) is 12.8 Å². The van der Waals surface area contributed by atoms with E-state index in [9.17, 15) is 4.79 Å². The average molecular weight is 393 g/mol. The van der Waals surface area contributed by atoms with Crippen LogP contribution in [0, 0.1) is 5.41 Å². The van der Waals surface area contributed by atoms with Crippen molar-refractivity contribution in [2.45, 2.75) is 45.1 Å². The summed E-state index contributed by atoms with van der Waals surface area (Å²) in [6.45, 7) is 3.49. The number of hydrogen-bond acceptors (Lipinski definition) is 4. The van der Waals surface area contributed by atoms with Crippen LogP contribution in [-0.2, 0) is 22.5 Å². The van der Waals surface area contributed by atoms with Gasteiger partial charge in [0.15, 0.2) is 5.96 Å². The van der Waals surface area contributed by atoms with Crippen LogP contribution in [0.4, 0.5) is 0 Å². The summed E-state index contributed by atoms with van der Waals surface area (Å²) >= 11 is 1.79. The van der Waals surface area contributed by atoms with Gasteiger partial charge in [-0.05, 0) is 48.1 Å². The van der Waals surface area contributed by atoms with Gasteiger partial charge in [0, 0.05) is 45.3 Å². The molecule has 3 rings (SSSR count). The third kappa shape index (κ3) is 5.23. The van der Waals surface area contributed by atoms with Gasteiger partial charge in [-0.2, -0.15) is 0 Å². The molecule has 2 N–H and O–H groups in total. The van der Waals surface area contributed by atoms with Gasteiger partial charge in [-0.25, -0.2) is 0 Å². The van der Waals surface area contributed by atoms with Gasteiger partial charge < -0.3 is 20.3 Å². The van der Waals surface area contributed by atoms with Gasteiger partial charge in [0.1, 0.15) is 0 Å². The van der Waals surface area contributed by atoms with E-state index in [2.05, 4.69) is 27.1 Å². The molecule has 0 spiro atoms. The second kappa shape index (κ2) is 9.55. The van der Waals surface area contributed by atoms with Crippen molar-refractivity contribution in [3.8, 4) is 0 Å². The molecule has 1 aromatic rings. The maximum absolute atomic E-state index is 12.6. The molecule has 0 bridgehead atoms. The van der Waals surface area contributed by atoms with E-state index in [0.717, 1.165) is 39.1 Å². The first-order chi connectivity index (χ1) is 13.2. The topological polar surface area (TPSA) is 66.0 Å². The van der Waals surface area contributed by atoms with E-state index in [1.165, 1.54) is 36.1 Å². The van der Waals surface area contributed by atoms with Crippen molar-refractivity contribution in [3.63, 3.8) is 0 Å². The van der Waals surface area contributed by atoms with Crippen LogP contribution < -0.4 is 10.6 Å². The number of nitrogens with zero attached hydrogens (tertiary/aromatic N) is 2. The van der Waals surface area contributed by atoms with Crippen molar-refractivity contribution in [1.82, 2.24) is 15.5 Å². The van der Waals surface area contributed by atoms with Gasteiger partial charge >= 0.3 is 0 Å². The van der Waals surface area contributed by atoms with Crippen molar-refractivity contribution in [2.75, 3.05) is 40.4 Å². The van der Waals surface area contributed by atoms with E-state index in [1.807, 2.05) is 4.90 Å². The third-order valence-electron chi connectivity index (χ3n) is 5.92. The first-order valence-electron chi connectivity index (χ1n) is 9.92. The zero-order valence-corrected chi connectivity index (χ0v) is 17.4. The minimum atomic E-state index is 0.129. The molecule has 7 heteroatoms. The number of carbonyl (C=O) groups excluding carboxylic acids is 1. The molecule has 1 amide bonds. The number of aliphatic imine (C=N–C) groups is 1. The lowest BCUT2D eigenvalue weighted by Gasteiger charge is -2.30. The fraction of sp³-hybridized carbons (Fsp3) is 0.700. The number of rotatable bonds is 7. The van der Waals surface area contributed by atoms with E-state index < -0.39 is 0 Å². The Bertz CT molecular complexity index is 652. The number of thiophene rings is 1. The zero-order valence-electron chi connectivity index (χ0n) is 16.6. The molecule has 0 atom stereocenters. The Labute approximate surface area is 166 Å². The van der Waals surface area contributed by atoms with E-state index in [0.29, 0.717) is 11.4 Å². The first kappa shape index (κ1) is 20.1. The Balaban J connectivity index is 1.45. The Kier molecular flexibility index (Phi) is 7.13. The predicted octanol–water partition coefficient (Wildman–Crippen LogP) is 2.39. The SMILES string of the molecule is CN=C(NCC(=O)N1CCc2sccc2C1)NCC1(CCOC)CCCC1. The standard InChI is InChI=1S/C20H32N4O2S/c1-21-19(23-15-20(9-11-26-2)7-3-4-8-20)22-13-18(25)24-10-5-17-16(14-24)6-12-27-17/h6,12H,3-5,7-11,13-15H2,1-2H3,(H2,21,22,23). The molecule has 0 aromatic carbocycles. The van der Waals surface area contributed by atoms with Crippen LogP contribution in [0.3, 0.4) is 0 Å². The van der Waals surface area contributed by atoms with Crippen molar-refractivity contribution < 1.29 is 9.53 Å². The molecule has 1 saturated carbocycles. The average Bonchev–Trinajstić information content (AvgIpc) is 3.35. The lowest BCUT2D eigenvalue weighted by Crippen LogP contribution is -2.47. The monoisotopic (exact) mass is 392 g/mol. The molecule has 150 valence electrons. The summed E-state index contributed by atoms with van der Waals surface area (Å²) in [6.07, 6.45) is 7.08. The van der Waals surface area contributed by atoms with Crippen LogP contribution in [0.15, 0.2) is 16.4 Å². The second-order valence-corrected chi connectivity index (χ2v) is 8.66. The number of hydrogen-bond donors (Lipinski definition) is 2. The smallest absolute Gasteiger partial charge is 0.242 e. The van der Waals surface area contributed by atoms with Gasteiger partial charge in [0.05, 0.1) is 6.54 Å². The van der Waals surface area contributed by atoms with Crippen molar-refractivity contribution >= 4 is 23.2 Å². The van der Waals surface area contributed by atoms with Crippen LogP contribution in [0.5, 0.6) is 0 Å². The Morgan fingerprint density at radius 3 is 2.93 bits per heavy atom. The number of methoxy groups -OCH3 is 1. The number of amides is 1. The number of guanidine groups is 1. The highest BCUT2D eigenvalue weighted by Gasteiger charge is 2.33. The van der Waals surface area contributed by atoms with E-state index in [1.54, 1.807) is 25.5 Å². The molecule has 1 aromatic heterocycles. The summed E-state index contributed by atoms with van der Waals surface area (Å²) in [4.78, 5) is 20.2. The zero-order chi connectivity index (χ0) is 19.1. The highest BCUT2D eigenvalue weighted by molar-refractivity contribution is 7.10. The normalized spacial score (nSPS) is 19.0. The Hall–Kier alpha value is -1.60. The quantitative estimate of drug-likeness (QED) is 0.552. The highest BCUT2D eigenvalue weighted by atomic mass is 32.1. The van der Waals surface area contributed by atoms with Crippen LogP contribution in [0.25, 0.3) is 0 Å². The Morgan fingerprint density at radius 1 is 1.37 bits per heavy atom. The Morgan fingerprint density at radius 2 is 2.19 bits per heavy atom. The number of ether oxygens (including phenoxy) is 1. The minimum absolute atomic E-state index is 0.129. The maximum Gasteiger partial charge on any atom is 0.242 e. The highest BCUT2D eigenvalue weighted by Crippen LogP contribution is 2.40. The molecule has 27 heavy (non-hydrogen) atoms. The molecule has 0 unspecified atom stereocenters.